The molecule has 27 heavy (non-hydrogen) atoms. The number of carbonyl (C=O) groups excluding carboxylic acids is 1. The van der Waals surface area contributed by atoms with Gasteiger partial charge in [-0.1, -0.05) is 0 Å². The van der Waals surface area contributed by atoms with Crippen molar-refractivity contribution in [2.24, 2.45) is 0 Å². The van der Waals surface area contributed by atoms with Gasteiger partial charge in [-0.3, -0.25) is 4.79 Å². The van der Waals surface area contributed by atoms with E-state index in [0.29, 0.717) is 34.3 Å². The van der Waals surface area contributed by atoms with E-state index in [0.717, 1.165) is 11.1 Å². The summed E-state index contributed by atoms with van der Waals surface area (Å²) in [5.74, 6) is 2.94. The fourth-order valence-electron chi connectivity index (χ4n) is 4.14. The molecule has 0 saturated carbocycles. The minimum absolute atomic E-state index is 0.0547. The quantitative estimate of drug-likeness (QED) is 0.711. The number of nitrogens with zero attached hydrogens (tertiary/aromatic N) is 1. The van der Waals surface area contributed by atoms with Gasteiger partial charge < -0.3 is 28.6 Å². The van der Waals surface area contributed by atoms with Gasteiger partial charge >= 0.3 is 0 Å². The van der Waals surface area contributed by atoms with Crippen molar-refractivity contribution >= 4 is 11.9 Å². The number of fused-ring (bicyclic) bond motifs is 6. The number of likely N-dealkylation sites (N-methyl/N-ethyl adjacent to an activating group) is 1. The summed E-state index contributed by atoms with van der Waals surface area (Å²) in [5.41, 5.74) is 1.16. The molecular weight excluding hydrogens is 350 g/mol. The number of ether oxygens (including phenoxy) is 5. The van der Waals surface area contributed by atoms with Crippen molar-refractivity contribution in [2.75, 3.05) is 27.2 Å². The van der Waals surface area contributed by atoms with Crippen molar-refractivity contribution in [3.63, 3.8) is 0 Å². The van der Waals surface area contributed by atoms with Gasteiger partial charge in [0.05, 0.1) is 0 Å². The lowest BCUT2D eigenvalue weighted by molar-refractivity contribution is 0.0656. The van der Waals surface area contributed by atoms with Crippen LogP contribution in [0, 0.1) is 0 Å². The summed E-state index contributed by atoms with van der Waals surface area (Å²) in [5, 5.41) is 0. The molecule has 0 aliphatic carbocycles. The van der Waals surface area contributed by atoms with Gasteiger partial charge in [0.2, 0.25) is 19.3 Å². The van der Waals surface area contributed by atoms with E-state index >= 15 is 0 Å². The number of hydrogen-bond donors (Lipinski definition) is 0. The van der Waals surface area contributed by atoms with E-state index in [1.807, 2.05) is 42.4 Å². The van der Waals surface area contributed by atoms with Crippen LogP contribution in [-0.4, -0.2) is 37.9 Å². The van der Waals surface area contributed by atoms with Crippen LogP contribution in [0.3, 0.4) is 0 Å². The maximum atomic E-state index is 13.8. The number of benzene rings is 2. The van der Waals surface area contributed by atoms with Gasteiger partial charge in [-0.05, 0) is 35.9 Å². The van der Waals surface area contributed by atoms with Crippen LogP contribution in [0.1, 0.15) is 21.5 Å². The first kappa shape index (κ1) is 14.8. The number of ketones is 1. The third kappa shape index (κ3) is 1.73. The topological polar surface area (TPSA) is 66.5 Å². The molecule has 0 radical (unpaired) electrons. The van der Waals surface area contributed by atoms with Gasteiger partial charge in [-0.25, -0.2) is 0 Å². The summed E-state index contributed by atoms with van der Waals surface area (Å²) in [7, 11) is 1.88. The fraction of sp³-hybridized carbons (Fsp3) is 0.250. The van der Waals surface area contributed by atoms with Gasteiger partial charge in [-0.15, -0.1) is 0 Å². The van der Waals surface area contributed by atoms with E-state index in [-0.39, 0.29) is 26.0 Å². The van der Waals surface area contributed by atoms with E-state index in [9.17, 15) is 4.79 Å². The monoisotopic (exact) mass is 365 g/mol. The SMILES string of the molecule is CN1C=Cc2cc3c(cc2C(=O)C12COc1c2ccc2c1OCO2)OCO3. The van der Waals surface area contributed by atoms with Crippen LogP contribution >= 0.6 is 0 Å². The highest BCUT2D eigenvalue weighted by atomic mass is 16.7. The molecule has 136 valence electrons. The van der Waals surface area contributed by atoms with E-state index in [1.165, 1.54) is 0 Å². The van der Waals surface area contributed by atoms with Crippen molar-refractivity contribution in [1.29, 1.82) is 0 Å². The van der Waals surface area contributed by atoms with Gasteiger partial charge in [0.1, 0.15) is 6.61 Å². The first-order chi connectivity index (χ1) is 13.2. The van der Waals surface area contributed by atoms with Gasteiger partial charge in [0, 0.05) is 24.4 Å². The van der Waals surface area contributed by atoms with Crippen LogP contribution in [-0.2, 0) is 5.54 Å². The second-order valence-electron chi connectivity index (χ2n) is 6.87. The Balaban J connectivity index is 1.57. The first-order valence-corrected chi connectivity index (χ1v) is 8.64. The summed E-state index contributed by atoms with van der Waals surface area (Å²) in [6, 6.07) is 7.31. The lowest BCUT2D eigenvalue weighted by atomic mass is 9.82. The molecule has 0 amide bonds. The maximum Gasteiger partial charge on any atom is 0.231 e. The Bertz CT molecular complexity index is 1050. The zero-order chi connectivity index (χ0) is 18.2. The lowest BCUT2D eigenvalue weighted by Crippen LogP contribution is -2.48. The zero-order valence-corrected chi connectivity index (χ0v) is 14.5. The van der Waals surface area contributed by atoms with Crippen molar-refractivity contribution < 1.29 is 28.5 Å². The molecule has 1 spiro atoms. The summed E-state index contributed by atoms with van der Waals surface area (Å²) in [4.78, 5) is 15.7. The number of rotatable bonds is 0. The number of Topliss-reactive ketones (excluding diaryl/α,β-unsaturated/α-hetero) is 1. The van der Waals surface area contributed by atoms with E-state index in [2.05, 4.69) is 0 Å². The average molecular weight is 365 g/mol. The fourth-order valence-corrected chi connectivity index (χ4v) is 4.14. The molecule has 4 heterocycles. The van der Waals surface area contributed by atoms with Crippen LogP contribution in [0.5, 0.6) is 28.7 Å². The van der Waals surface area contributed by atoms with Crippen LogP contribution < -0.4 is 23.7 Å². The smallest absolute Gasteiger partial charge is 0.231 e. The number of hydrogen-bond acceptors (Lipinski definition) is 7. The molecule has 4 aliphatic rings. The summed E-state index contributed by atoms with van der Waals surface area (Å²) in [6.45, 7) is 0.504. The highest BCUT2D eigenvalue weighted by Crippen LogP contribution is 2.53. The Labute approximate surface area is 154 Å². The molecule has 1 atom stereocenters. The predicted molar refractivity (Wildman–Crippen MR) is 93.4 cm³/mol. The Hall–Kier alpha value is -3.35. The predicted octanol–water partition coefficient (Wildman–Crippen LogP) is 2.53. The van der Waals surface area contributed by atoms with Crippen LogP contribution in [0.2, 0.25) is 0 Å². The molecule has 4 aliphatic heterocycles. The molecule has 0 aromatic heterocycles. The average Bonchev–Trinajstić information content (AvgIpc) is 3.39. The molecule has 2 aromatic rings. The highest BCUT2D eigenvalue weighted by molar-refractivity contribution is 6.08. The molecule has 7 heteroatoms. The minimum Gasteiger partial charge on any atom is -0.486 e. The molecular formula is C20H15NO6. The third-order valence-electron chi connectivity index (χ3n) is 5.61. The Morgan fingerprint density at radius 2 is 1.70 bits per heavy atom. The standard InChI is InChI=1S/C20H15NO6/c1-21-5-4-11-6-15-16(26-9-25-15)7-12(11)19(22)20(21)8-23-17-13(20)2-3-14-18(17)27-10-24-14/h2-7H,8-10H2,1H3. The molecule has 1 unspecified atom stereocenters. The second-order valence-corrected chi connectivity index (χ2v) is 6.87. The molecule has 2 aromatic carbocycles. The normalized spacial score (nSPS) is 23.3. The zero-order valence-electron chi connectivity index (χ0n) is 14.5. The Morgan fingerprint density at radius 3 is 2.59 bits per heavy atom. The van der Waals surface area contributed by atoms with E-state index in [4.69, 9.17) is 23.7 Å². The molecule has 0 bridgehead atoms. The maximum absolute atomic E-state index is 13.8. The van der Waals surface area contributed by atoms with Gasteiger partial charge in [-0.2, -0.15) is 0 Å². The Kier molecular flexibility index (Phi) is 2.67. The van der Waals surface area contributed by atoms with Crippen LogP contribution in [0.4, 0.5) is 0 Å². The summed E-state index contributed by atoms with van der Waals surface area (Å²) >= 11 is 0. The second kappa shape index (κ2) is 4.88. The van der Waals surface area contributed by atoms with Crippen molar-refractivity contribution in [3.8, 4) is 28.7 Å². The molecule has 0 fully saturated rings. The third-order valence-corrected chi connectivity index (χ3v) is 5.61. The van der Waals surface area contributed by atoms with Crippen molar-refractivity contribution in [3.05, 3.63) is 47.2 Å². The highest BCUT2D eigenvalue weighted by Gasteiger charge is 2.53. The van der Waals surface area contributed by atoms with Crippen molar-refractivity contribution in [1.82, 2.24) is 4.90 Å². The summed E-state index contributed by atoms with van der Waals surface area (Å²) in [6.07, 6.45) is 3.81. The summed E-state index contributed by atoms with van der Waals surface area (Å²) < 4.78 is 27.9. The first-order valence-electron chi connectivity index (χ1n) is 8.64. The number of carbonyl (C=O) groups is 1. The minimum atomic E-state index is -0.980. The lowest BCUT2D eigenvalue weighted by Gasteiger charge is -2.34. The Morgan fingerprint density at radius 1 is 0.926 bits per heavy atom. The van der Waals surface area contributed by atoms with E-state index in [1.54, 1.807) is 6.07 Å². The molecule has 0 saturated heterocycles. The molecule has 6 rings (SSSR count). The van der Waals surface area contributed by atoms with Gasteiger partial charge in [0.15, 0.2) is 34.3 Å². The molecule has 0 N–H and O–H groups in total. The van der Waals surface area contributed by atoms with Gasteiger partial charge in [0.25, 0.3) is 0 Å². The van der Waals surface area contributed by atoms with Crippen LogP contribution in [0.25, 0.3) is 6.08 Å². The van der Waals surface area contributed by atoms with E-state index < -0.39 is 5.54 Å². The molecule has 7 nitrogen and oxygen atoms in total. The van der Waals surface area contributed by atoms with Crippen LogP contribution in [0.15, 0.2) is 30.5 Å². The van der Waals surface area contributed by atoms with Crippen molar-refractivity contribution in [2.45, 2.75) is 5.54 Å². The largest absolute Gasteiger partial charge is 0.486 e.